The van der Waals surface area contributed by atoms with Crippen LogP contribution in [0, 0.1) is 0 Å². The molecule has 0 fully saturated rings. The Hall–Kier alpha value is -1.80. The third-order valence-electron chi connectivity index (χ3n) is 2.00. The van der Waals surface area contributed by atoms with Crippen molar-refractivity contribution in [2.24, 2.45) is 0 Å². The van der Waals surface area contributed by atoms with E-state index in [1.165, 1.54) is 0 Å². The maximum absolute atomic E-state index is 12.0. The molecule has 0 aliphatic heterocycles. The molecule has 0 aliphatic rings. The summed E-state index contributed by atoms with van der Waals surface area (Å²) in [6.07, 6.45) is -5.24. The first-order chi connectivity index (χ1) is 8.13. The zero-order chi connectivity index (χ0) is 14.0. The molecule has 0 unspecified atom stereocenters. The van der Waals surface area contributed by atoms with Crippen molar-refractivity contribution in [1.29, 1.82) is 0 Å². The van der Waals surface area contributed by atoms with Gasteiger partial charge in [0.15, 0.2) is 6.61 Å². The Kier molecular flexibility index (Phi) is 3.82. The number of carboxylic acid groups (broad SMARTS) is 1. The lowest BCUT2D eigenvalue weighted by molar-refractivity contribution is -0.355. The van der Waals surface area contributed by atoms with Gasteiger partial charge in [0.2, 0.25) is 0 Å². The first-order valence-electron chi connectivity index (χ1n) is 4.61. The molecule has 0 aromatic heterocycles. The first kappa shape index (κ1) is 14.3. The number of ether oxygens (including phenoxy) is 1. The number of benzene rings is 1. The zero-order valence-corrected chi connectivity index (χ0v) is 8.81. The number of hydrogen-bond donors (Lipinski definition) is 3. The van der Waals surface area contributed by atoms with Crippen molar-refractivity contribution in [3.63, 3.8) is 0 Å². The molecule has 5 nitrogen and oxygen atoms in total. The molecule has 0 heterocycles. The van der Waals surface area contributed by atoms with Gasteiger partial charge in [0.05, 0.1) is 5.56 Å². The van der Waals surface area contributed by atoms with E-state index in [2.05, 4.69) is 4.74 Å². The van der Waals surface area contributed by atoms with E-state index in [1.54, 1.807) is 0 Å². The molecule has 18 heavy (non-hydrogen) atoms. The Balaban J connectivity index is 2.67. The van der Waals surface area contributed by atoms with Gasteiger partial charge < -0.3 is 20.1 Å². The van der Waals surface area contributed by atoms with Gasteiger partial charge in [0.25, 0.3) is 5.79 Å². The lowest BCUT2D eigenvalue weighted by atomic mass is 10.2. The van der Waals surface area contributed by atoms with Gasteiger partial charge in [-0.2, -0.15) is 13.2 Å². The third kappa shape index (κ3) is 3.34. The Morgan fingerprint density at radius 1 is 1.17 bits per heavy atom. The van der Waals surface area contributed by atoms with E-state index in [-0.39, 0.29) is 11.3 Å². The molecule has 0 spiro atoms. The van der Waals surface area contributed by atoms with Gasteiger partial charge in [-0.05, 0) is 24.3 Å². The summed E-state index contributed by atoms with van der Waals surface area (Å²) in [6, 6.07) is 4.44. The van der Waals surface area contributed by atoms with Gasteiger partial charge in [-0.1, -0.05) is 0 Å². The van der Waals surface area contributed by atoms with Crippen LogP contribution in [0.15, 0.2) is 24.3 Å². The zero-order valence-electron chi connectivity index (χ0n) is 8.81. The highest BCUT2D eigenvalue weighted by Crippen LogP contribution is 2.28. The average molecular weight is 266 g/mol. The number of aliphatic hydroxyl groups is 2. The number of rotatable bonds is 4. The summed E-state index contributed by atoms with van der Waals surface area (Å²) in [7, 11) is 0. The molecule has 0 aliphatic carbocycles. The molecule has 1 aromatic carbocycles. The molecule has 0 amide bonds. The van der Waals surface area contributed by atoms with Crippen molar-refractivity contribution < 1.29 is 38.0 Å². The largest absolute Gasteiger partial charge is 0.488 e. The minimum atomic E-state index is -5.24. The molecule has 3 N–H and O–H groups in total. The van der Waals surface area contributed by atoms with Gasteiger partial charge in [-0.15, -0.1) is 0 Å². The molecular formula is C10H9F3O5. The minimum Gasteiger partial charge on any atom is -0.488 e. The SMILES string of the molecule is O=C(O)c1ccc(OCC(O)(O)C(F)(F)F)cc1. The van der Waals surface area contributed by atoms with Gasteiger partial charge in [-0.25, -0.2) is 4.79 Å². The molecule has 1 aromatic rings. The molecule has 0 radical (unpaired) electrons. The third-order valence-corrected chi connectivity index (χ3v) is 2.00. The van der Waals surface area contributed by atoms with E-state index < -0.39 is 24.5 Å². The summed E-state index contributed by atoms with van der Waals surface area (Å²) in [5.41, 5.74) is -0.0718. The Morgan fingerprint density at radius 2 is 1.67 bits per heavy atom. The predicted molar refractivity (Wildman–Crippen MR) is 52.1 cm³/mol. The van der Waals surface area contributed by atoms with Crippen LogP contribution in [-0.2, 0) is 0 Å². The fraction of sp³-hybridized carbons (Fsp3) is 0.300. The second kappa shape index (κ2) is 4.83. The summed E-state index contributed by atoms with van der Waals surface area (Å²) in [4.78, 5) is 10.5. The molecule has 0 atom stereocenters. The molecule has 8 heteroatoms. The molecule has 0 bridgehead atoms. The summed E-state index contributed by atoms with van der Waals surface area (Å²) in [5, 5.41) is 25.9. The number of aromatic carboxylic acids is 1. The summed E-state index contributed by atoms with van der Waals surface area (Å²) in [6.45, 7) is -1.41. The van der Waals surface area contributed by atoms with Crippen LogP contribution in [-0.4, -0.2) is 39.9 Å². The van der Waals surface area contributed by atoms with Crippen LogP contribution >= 0.6 is 0 Å². The van der Waals surface area contributed by atoms with Gasteiger partial charge in [0, 0.05) is 0 Å². The van der Waals surface area contributed by atoms with E-state index in [4.69, 9.17) is 15.3 Å². The van der Waals surface area contributed by atoms with Crippen molar-refractivity contribution in [1.82, 2.24) is 0 Å². The van der Waals surface area contributed by atoms with Crippen molar-refractivity contribution in [2.45, 2.75) is 12.0 Å². The monoisotopic (exact) mass is 266 g/mol. The average Bonchev–Trinajstić information content (AvgIpc) is 2.25. The Morgan fingerprint density at radius 3 is 2.06 bits per heavy atom. The van der Waals surface area contributed by atoms with Crippen LogP contribution < -0.4 is 4.74 Å². The molecule has 0 saturated carbocycles. The van der Waals surface area contributed by atoms with Crippen LogP contribution in [0.2, 0.25) is 0 Å². The number of carboxylic acids is 1. The maximum Gasteiger partial charge on any atom is 0.446 e. The van der Waals surface area contributed by atoms with Gasteiger partial charge in [-0.3, -0.25) is 0 Å². The number of carbonyl (C=O) groups is 1. The molecule has 1 rings (SSSR count). The fourth-order valence-electron chi connectivity index (χ4n) is 0.960. The highest BCUT2D eigenvalue weighted by atomic mass is 19.4. The van der Waals surface area contributed by atoms with E-state index >= 15 is 0 Å². The molecule has 100 valence electrons. The van der Waals surface area contributed by atoms with E-state index in [0.29, 0.717) is 0 Å². The summed E-state index contributed by atoms with van der Waals surface area (Å²) >= 11 is 0. The van der Waals surface area contributed by atoms with Crippen LogP contribution in [0.4, 0.5) is 13.2 Å². The standard InChI is InChI=1S/C10H9F3O5/c11-10(12,13)9(16,17)5-18-7-3-1-6(2-4-7)8(14)15/h1-4,16-17H,5H2,(H,14,15). The number of halogens is 3. The van der Waals surface area contributed by atoms with E-state index in [1.807, 2.05) is 0 Å². The smallest absolute Gasteiger partial charge is 0.446 e. The summed E-state index contributed by atoms with van der Waals surface area (Å²) < 4.78 is 40.7. The Bertz CT molecular complexity index is 424. The van der Waals surface area contributed by atoms with Gasteiger partial charge >= 0.3 is 12.1 Å². The van der Waals surface area contributed by atoms with Crippen molar-refractivity contribution in [3.05, 3.63) is 29.8 Å². The second-order valence-electron chi connectivity index (χ2n) is 3.43. The lowest BCUT2D eigenvalue weighted by Gasteiger charge is -2.24. The van der Waals surface area contributed by atoms with Crippen molar-refractivity contribution >= 4 is 5.97 Å². The first-order valence-corrected chi connectivity index (χ1v) is 4.61. The van der Waals surface area contributed by atoms with Gasteiger partial charge in [0.1, 0.15) is 5.75 Å². The van der Waals surface area contributed by atoms with E-state index in [9.17, 15) is 18.0 Å². The van der Waals surface area contributed by atoms with Crippen LogP contribution in [0.1, 0.15) is 10.4 Å². The maximum atomic E-state index is 12.0. The van der Waals surface area contributed by atoms with E-state index in [0.717, 1.165) is 24.3 Å². The molecule has 0 saturated heterocycles. The van der Waals surface area contributed by atoms with Crippen LogP contribution in [0.5, 0.6) is 5.75 Å². The van der Waals surface area contributed by atoms with Crippen molar-refractivity contribution in [3.8, 4) is 5.75 Å². The lowest BCUT2D eigenvalue weighted by Crippen LogP contribution is -2.49. The predicted octanol–water partition coefficient (Wildman–Crippen LogP) is 1.01. The quantitative estimate of drug-likeness (QED) is 0.708. The summed E-state index contributed by atoms with van der Waals surface area (Å²) in [5.74, 6) is -5.27. The normalized spacial score (nSPS) is 12.3. The Labute approximate surface area is 99.0 Å². The van der Waals surface area contributed by atoms with Crippen molar-refractivity contribution in [2.75, 3.05) is 6.61 Å². The number of hydrogen-bond acceptors (Lipinski definition) is 4. The number of alkyl halides is 3. The fourth-order valence-corrected chi connectivity index (χ4v) is 0.960. The highest BCUT2D eigenvalue weighted by molar-refractivity contribution is 5.87. The minimum absolute atomic E-state index is 0.0718. The second-order valence-corrected chi connectivity index (χ2v) is 3.43. The van der Waals surface area contributed by atoms with Crippen LogP contribution in [0.3, 0.4) is 0 Å². The topological polar surface area (TPSA) is 87.0 Å². The van der Waals surface area contributed by atoms with Crippen LogP contribution in [0.25, 0.3) is 0 Å². The highest BCUT2D eigenvalue weighted by Gasteiger charge is 2.53. The molecular weight excluding hydrogens is 257 g/mol.